The number of rotatable bonds is 5. The van der Waals surface area contributed by atoms with Crippen LogP contribution in [0.4, 0.5) is 11.4 Å². The van der Waals surface area contributed by atoms with Gasteiger partial charge in [-0.25, -0.2) is 0 Å². The van der Waals surface area contributed by atoms with Crippen molar-refractivity contribution >= 4 is 17.3 Å². The van der Waals surface area contributed by atoms with Crippen molar-refractivity contribution in [2.45, 2.75) is 45.6 Å². The van der Waals surface area contributed by atoms with Crippen molar-refractivity contribution in [1.82, 2.24) is 4.98 Å². The molecule has 2 aromatic rings. The van der Waals surface area contributed by atoms with E-state index in [2.05, 4.69) is 15.6 Å². The summed E-state index contributed by atoms with van der Waals surface area (Å²) in [6, 6.07) is 9.35. The molecule has 1 aliphatic rings. The minimum Gasteiger partial charge on any atom is -0.381 e. The van der Waals surface area contributed by atoms with E-state index in [1.807, 2.05) is 31.2 Å². The lowest BCUT2D eigenvalue weighted by atomic mass is 9.88. The molecule has 1 aromatic carbocycles. The molecule has 5 nitrogen and oxygen atoms in total. The number of hydrogen-bond donors (Lipinski definition) is 3. The molecule has 0 radical (unpaired) electrons. The Morgan fingerprint density at radius 1 is 1.16 bits per heavy atom. The van der Waals surface area contributed by atoms with Crippen LogP contribution in [0, 0.1) is 12.8 Å². The Hall–Kier alpha value is -2.56. The predicted molar refractivity (Wildman–Crippen MR) is 101 cm³/mol. The van der Waals surface area contributed by atoms with Gasteiger partial charge in [-0.05, 0) is 49.1 Å². The Bertz CT molecular complexity index is 792. The quantitative estimate of drug-likeness (QED) is 0.775. The summed E-state index contributed by atoms with van der Waals surface area (Å²) < 4.78 is 0. The SMILES string of the molecule is Cc1cc(=O)[nH]cc1CNc1cccc(NC(=O)C2CCCCC2)c1. The van der Waals surface area contributed by atoms with Crippen molar-refractivity contribution in [2.75, 3.05) is 10.6 Å². The number of benzene rings is 1. The van der Waals surface area contributed by atoms with Crippen LogP contribution in [0.15, 0.2) is 41.3 Å². The number of aryl methyl sites for hydroxylation is 1. The highest BCUT2D eigenvalue weighted by Gasteiger charge is 2.20. The zero-order valence-electron chi connectivity index (χ0n) is 14.6. The van der Waals surface area contributed by atoms with Gasteiger partial charge in [-0.15, -0.1) is 0 Å². The van der Waals surface area contributed by atoms with Crippen LogP contribution in [0.2, 0.25) is 0 Å². The van der Waals surface area contributed by atoms with Crippen LogP contribution in [0.1, 0.15) is 43.2 Å². The summed E-state index contributed by atoms with van der Waals surface area (Å²) in [7, 11) is 0. The summed E-state index contributed by atoms with van der Waals surface area (Å²) in [6.45, 7) is 2.54. The van der Waals surface area contributed by atoms with Gasteiger partial charge in [0.25, 0.3) is 0 Å². The Morgan fingerprint density at radius 3 is 2.68 bits per heavy atom. The van der Waals surface area contributed by atoms with Gasteiger partial charge in [0.2, 0.25) is 11.5 Å². The molecule has 0 saturated heterocycles. The smallest absolute Gasteiger partial charge is 0.248 e. The first kappa shape index (κ1) is 17.3. The van der Waals surface area contributed by atoms with Crippen LogP contribution >= 0.6 is 0 Å². The van der Waals surface area contributed by atoms with Gasteiger partial charge in [-0.2, -0.15) is 0 Å². The Balaban J connectivity index is 1.61. The van der Waals surface area contributed by atoms with Gasteiger partial charge >= 0.3 is 0 Å². The lowest BCUT2D eigenvalue weighted by molar-refractivity contribution is -0.120. The Morgan fingerprint density at radius 2 is 1.92 bits per heavy atom. The first-order valence-electron chi connectivity index (χ1n) is 8.95. The molecule has 1 aliphatic carbocycles. The fourth-order valence-corrected chi connectivity index (χ4v) is 3.31. The van der Waals surface area contributed by atoms with E-state index in [9.17, 15) is 9.59 Å². The van der Waals surface area contributed by atoms with E-state index < -0.39 is 0 Å². The molecule has 3 rings (SSSR count). The summed E-state index contributed by atoms with van der Waals surface area (Å²) >= 11 is 0. The Kier molecular flexibility index (Phi) is 5.53. The minimum atomic E-state index is -0.0892. The molecule has 0 aliphatic heterocycles. The molecular weight excluding hydrogens is 314 g/mol. The van der Waals surface area contributed by atoms with Gasteiger partial charge in [0.15, 0.2) is 0 Å². The van der Waals surface area contributed by atoms with Gasteiger partial charge in [-0.3, -0.25) is 9.59 Å². The topological polar surface area (TPSA) is 74.0 Å². The maximum Gasteiger partial charge on any atom is 0.248 e. The first-order chi connectivity index (χ1) is 12.1. The van der Waals surface area contributed by atoms with E-state index in [1.165, 1.54) is 6.42 Å². The highest BCUT2D eigenvalue weighted by molar-refractivity contribution is 5.93. The van der Waals surface area contributed by atoms with Crippen molar-refractivity contribution in [3.8, 4) is 0 Å². The molecular formula is C20H25N3O2. The van der Waals surface area contributed by atoms with Crippen LogP contribution in [0.25, 0.3) is 0 Å². The summed E-state index contributed by atoms with van der Waals surface area (Å²) in [5.74, 6) is 0.280. The van der Waals surface area contributed by atoms with Crippen LogP contribution in [-0.2, 0) is 11.3 Å². The number of H-pyrrole nitrogens is 1. The molecule has 3 N–H and O–H groups in total. The molecule has 0 bridgehead atoms. The zero-order valence-corrected chi connectivity index (χ0v) is 14.6. The second kappa shape index (κ2) is 8.01. The first-order valence-corrected chi connectivity index (χ1v) is 8.95. The molecule has 1 aromatic heterocycles. The third kappa shape index (κ3) is 4.72. The number of pyridine rings is 1. The average molecular weight is 339 g/mol. The maximum atomic E-state index is 12.4. The molecule has 1 saturated carbocycles. The van der Waals surface area contributed by atoms with E-state index in [0.29, 0.717) is 6.54 Å². The number of nitrogens with one attached hydrogen (secondary N) is 3. The van der Waals surface area contributed by atoms with Crippen LogP contribution in [-0.4, -0.2) is 10.9 Å². The number of carbonyl (C=O) groups is 1. The second-order valence-electron chi connectivity index (χ2n) is 6.76. The van der Waals surface area contributed by atoms with E-state index in [1.54, 1.807) is 12.3 Å². The maximum absolute atomic E-state index is 12.4. The summed E-state index contributed by atoms with van der Waals surface area (Å²) in [6.07, 6.45) is 7.27. The third-order valence-corrected chi connectivity index (χ3v) is 4.83. The van der Waals surface area contributed by atoms with Crippen LogP contribution < -0.4 is 16.2 Å². The van der Waals surface area contributed by atoms with Crippen LogP contribution in [0.3, 0.4) is 0 Å². The molecule has 0 atom stereocenters. The number of hydrogen-bond acceptors (Lipinski definition) is 3. The molecule has 5 heteroatoms. The van der Waals surface area contributed by atoms with Gasteiger partial charge in [0, 0.05) is 36.1 Å². The summed E-state index contributed by atoms with van der Waals surface area (Å²) in [4.78, 5) is 26.3. The van der Waals surface area contributed by atoms with E-state index in [4.69, 9.17) is 0 Å². The standard InChI is InChI=1S/C20H25N3O2/c1-14-10-19(24)22-13-16(14)12-21-17-8-5-9-18(11-17)23-20(25)15-6-3-2-4-7-15/h5,8-11,13,15,21H,2-4,6-7,12H2,1H3,(H,22,24)(H,23,25). The lowest BCUT2D eigenvalue weighted by Crippen LogP contribution is -2.24. The number of aromatic amines is 1. The average Bonchev–Trinajstić information content (AvgIpc) is 2.62. The number of amides is 1. The molecule has 132 valence electrons. The highest BCUT2D eigenvalue weighted by Crippen LogP contribution is 2.25. The lowest BCUT2D eigenvalue weighted by Gasteiger charge is -2.21. The third-order valence-electron chi connectivity index (χ3n) is 4.83. The minimum absolute atomic E-state index is 0.0892. The monoisotopic (exact) mass is 339 g/mol. The number of aromatic nitrogens is 1. The van der Waals surface area contributed by atoms with E-state index >= 15 is 0 Å². The highest BCUT2D eigenvalue weighted by atomic mass is 16.2. The number of carbonyl (C=O) groups excluding carboxylic acids is 1. The Labute approximate surface area is 147 Å². The molecule has 0 unspecified atom stereocenters. The summed E-state index contributed by atoms with van der Waals surface area (Å²) in [5, 5.41) is 6.38. The van der Waals surface area contributed by atoms with Crippen molar-refractivity contribution in [2.24, 2.45) is 5.92 Å². The van der Waals surface area contributed by atoms with Gasteiger partial charge in [0.1, 0.15) is 0 Å². The van der Waals surface area contributed by atoms with Crippen molar-refractivity contribution < 1.29 is 4.79 Å². The fraction of sp³-hybridized carbons (Fsp3) is 0.400. The van der Waals surface area contributed by atoms with Crippen molar-refractivity contribution in [3.05, 3.63) is 58.0 Å². The molecule has 1 fully saturated rings. The predicted octanol–water partition coefficient (Wildman–Crippen LogP) is 3.81. The van der Waals surface area contributed by atoms with Crippen LogP contribution in [0.5, 0.6) is 0 Å². The molecule has 25 heavy (non-hydrogen) atoms. The number of anilines is 2. The molecule has 1 amide bonds. The molecule has 0 spiro atoms. The second-order valence-corrected chi connectivity index (χ2v) is 6.76. The van der Waals surface area contributed by atoms with E-state index in [-0.39, 0.29) is 17.4 Å². The van der Waals surface area contributed by atoms with Gasteiger partial charge in [-0.1, -0.05) is 25.3 Å². The summed E-state index contributed by atoms with van der Waals surface area (Å²) in [5.41, 5.74) is 3.66. The molecule has 1 heterocycles. The fourth-order valence-electron chi connectivity index (χ4n) is 3.31. The van der Waals surface area contributed by atoms with E-state index in [0.717, 1.165) is 48.2 Å². The largest absolute Gasteiger partial charge is 0.381 e. The van der Waals surface area contributed by atoms with Crippen molar-refractivity contribution in [3.63, 3.8) is 0 Å². The van der Waals surface area contributed by atoms with Gasteiger partial charge in [0.05, 0.1) is 0 Å². The van der Waals surface area contributed by atoms with Crippen molar-refractivity contribution in [1.29, 1.82) is 0 Å². The zero-order chi connectivity index (χ0) is 17.6. The normalized spacial score (nSPS) is 14.9. The van der Waals surface area contributed by atoms with Gasteiger partial charge < -0.3 is 15.6 Å².